The molecule has 0 aliphatic heterocycles. The lowest BCUT2D eigenvalue weighted by Gasteiger charge is -2.11. The van der Waals surface area contributed by atoms with E-state index in [4.69, 9.17) is 23.0 Å². The third kappa shape index (κ3) is 4.45. The maximum Gasteiger partial charge on any atom is 0.248 e. The van der Waals surface area contributed by atoms with Crippen molar-refractivity contribution in [3.8, 4) is 12.3 Å². The van der Waals surface area contributed by atoms with Gasteiger partial charge in [-0.2, -0.15) is 0 Å². The van der Waals surface area contributed by atoms with Crippen LogP contribution >= 0.6 is 0 Å². The molecule has 0 fully saturated rings. The molecule has 6 nitrogen and oxygen atoms in total. The molecular formula is C8H13N3O3. The molecule has 0 rings (SSSR count). The van der Waals surface area contributed by atoms with Crippen LogP contribution in [0.5, 0.6) is 0 Å². The minimum Gasteiger partial charge on any atom is -0.381 e. The number of hydrogen-bond donors (Lipinski definition) is 4. The van der Waals surface area contributed by atoms with E-state index in [9.17, 15) is 9.59 Å². The summed E-state index contributed by atoms with van der Waals surface area (Å²) in [5.74, 6) is 0.787. The van der Waals surface area contributed by atoms with Crippen LogP contribution in [0.3, 0.4) is 0 Å². The minimum atomic E-state index is -1.41. The Hall–Kier alpha value is -1.58. The summed E-state index contributed by atoms with van der Waals surface area (Å²) >= 11 is 0. The molecule has 6 heteroatoms. The van der Waals surface area contributed by atoms with Gasteiger partial charge in [-0.25, -0.2) is 0 Å². The number of amides is 2. The molecule has 2 unspecified atom stereocenters. The molecule has 0 aliphatic rings. The first kappa shape index (κ1) is 12.4. The van der Waals surface area contributed by atoms with Crippen LogP contribution in [0.2, 0.25) is 0 Å². The molecule has 0 saturated heterocycles. The van der Waals surface area contributed by atoms with Crippen LogP contribution < -0.4 is 16.8 Å². The summed E-state index contributed by atoms with van der Waals surface area (Å²) in [6, 6.07) is -0.833. The summed E-state index contributed by atoms with van der Waals surface area (Å²) in [7, 11) is 0. The number of carbonyl (C=O) groups is 2. The van der Waals surface area contributed by atoms with Gasteiger partial charge in [0.15, 0.2) is 0 Å². The van der Waals surface area contributed by atoms with Gasteiger partial charge in [0.25, 0.3) is 0 Å². The number of aliphatic hydroxyl groups excluding tert-OH is 1. The van der Waals surface area contributed by atoms with Gasteiger partial charge in [-0.05, 0) is 0 Å². The largest absolute Gasteiger partial charge is 0.381 e. The first-order chi connectivity index (χ1) is 6.49. The van der Waals surface area contributed by atoms with Crippen LogP contribution in [0.4, 0.5) is 0 Å². The van der Waals surface area contributed by atoms with Gasteiger partial charge >= 0.3 is 0 Å². The zero-order chi connectivity index (χ0) is 11.1. The second kappa shape index (κ2) is 5.96. The Labute approximate surface area is 81.6 Å². The molecule has 2 amide bonds. The number of carbonyl (C=O) groups excluding carboxylic acids is 2. The lowest BCUT2D eigenvalue weighted by Crippen LogP contribution is -2.46. The van der Waals surface area contributed by atoms with E-state index in [1.54, 1.807) is 0 Å². The number of nitrogens with two attached hydrogens (primary N) is 2. The van der Waals surface area contributed by atoms with Crippen molar-refractivity contribution in [2.24, 2.45) is 11.5 Å². The van der Waals surface area contributed by atoms with Crippen LogP contribution in [-0.4, -0.2) is 35.6 Å². The highest BCUT2D eigenvalue weighted by Gasteiger charge is 2.15. The Morgan fingerprint density at radius 3 is 2.57 bits per heavy atom. The minimum absolute atomic E-state index is 0.0957. The summed E-state index contributed by atoms with van der Waals surface area (Å²) < 4.78 is 0. The maximum atomic E-state index is 11.1. The maximum absolute atomic E-state index is 11.1. The summed E-state index contributed by atoms with van der Waals surface area (Å²) in [5, 5.41) is 11.2. The number of terminal acetylenes is 1. The number of rotatable bonds is 5. The lowest BCUT2D eigenvalue weighted by atomic mass is 10.2. The smallest absolute Gasteiger partial charge is 0.248 e. The van der Waals surface area contributed by atoms with Crippen molar-refractivity contribution >= 4 is 11.8 Å². The molecule has 0 aliphatic carbocycles. The van der Waals surface area contributed by atoms with Gasteiger partial charge in [0.05, 0.1) is 12.6 Å². The molecular weight excluding hydrogens is 186 g/mol. The van der Waals surface area contributed by atoms with Crippen molar-refractivity contribution in [2.75, 3.05) is 6.54 Å². The molecule has 0 bridgehead atoms. The predicted octanol–water partition coefficient (Wildman–Crippen LogP) is -2.70. The van der Waals surface area contributed by atoms with Crippen molar-refractivity contribution in [3.05, 3.63) is 0 Å². The molecule has 0 heterocycles. The fourth-order valence-electron chi connectivity index (χ4n) is 0.649. The van der Waals surface area contributed by atoms with Gasteiger partial charge in [-0.1, -0.05) is 0 Å². The average molecular weight is 199 g/mol. The molecule has 2 atom stereocenters. The first-order valence-electron chi connectivity index (χ1n) is 3.93. The Kier molecular flexibility index (Phi) is 5.29. The average Bonchev–Trinajstić information content (AvgIpc) is 2.13. The van der Waals surface area contributed by atoms with Crippen molar-refractivity contribution in [1.82, 2.24) is 5.32 Å². The summed E-state index contributed by atoms with van der Waals surface area (Å²) in [4.78, 5) is 21.4. The third-order valence-corrected chi connectivity index (χ3v) is 1.47. The first-order valence-corrected chi connectivity index (χ1v) is 3.93. The molecule has 0 spiro atoms. The van der Waals surface area contributed by atoms with Crippen LogP contribution in [0.25, 0.3) is 0 Å². The zero-order valence-electron chi connectivity index (χ0n) is 7.56. The summed E-state index contributed by atoms with van der Waals surface area (Å²) in [6.45, 7) is -0.258. The number of aliphatic hydroxyl groups is 1. The fraction of sp³-hybridized carbons (Fsp3) is 0.500. The van der Waals surface area contributed by atoms with Crippen molar-refractivity contribution < 1.29 is 14.7 Å². The van der Waals surface area contributed by atoms with Crippen molar-refractivity contribution in [2.45, 2.75) is 18.6 Å². The Morgan fingerprint density at radius 2 is 2.14 bits per heavy atom. The standard InChI is InChI=1S/C8H13N3O3/c1-2-3-5(9)8(14)11-4-6(12)7(10)13/h1,5-6,12H,3-4,9H2,(H2,10,13)(H,11,14). The molecule has 6 N–H and O–H groups in total. The van der Waals surface area contributed by atoms with Crippen LogP contribution in [0.1, 0.15) is 6.42 Å². The highest BCUT2D eigenvalue weighted by atomic mass is 16.3. The number of nitrogens with one attached hydrogen (secondary N) is 1. The van der Waals surface area contributed by atoms with E-state index < -0.39 is 24.0 Å². The highest BCUT2D eigenvalue weighted by molar-refractivity contribution is 5.83. The van der Waals surface area contributed by atoms with E-state index in [0.717, 1.165) is 0 Å². The van der Waals surface area contributed by atoms with Gasteiger partial charge in [-0.15, -0.1) is 12.3 Å². The highest BCUT2D eigenvalue weighted by Crippen LogP contribution is 1.86. The summed E-state index contributed by atoms with van der Waals surface area (Å²) in [5.41, 5.74) is 10.1. The summed E-state index contributed by atoms with van der Waals surface area (Å²) in [6.07, 6.45) is 3.63. The molecule has 0 radical (unpaired) electrons. The van der Waals surface area contributed by atoms with E-state index in [1.807, 2.05) is 0 Å². The van der Waals surface area contributed by atoms with E-state index in [1.165, 1.54) is 0 Å². The van der Waals surface area contributed by atoms with Gasteiger partial charge in [0, 0.05) is 6.42 Å². The van der Waals surface area contributed by atoms with Crippen LogP contribution in [0, 0.1) is 12.3 Å². The molecule has 0 saturated carbocycles. The zero-order valence-corrected chi connectivity index (χ0v) is 7.56. The van der Waals surface area contributed by atoms with Gasteiger partial charge in [-0.3, -0.25) is 9.59 Å². The Morgan fingerprint density at radius 1 is 1.57 bits per heavy atom. The van der Waals surface area contributed by atoms with Crippen molar-refractivity contribution in [1.29, 1.82) is 0 Å². The molecule has 14 heavy (non-hydrogen) atoms. The van der Waals surface area contributed by atoms with Crippen LogP contribution in [0.15, 0.2) is 0 Å². The van der Waals surface area contributed by atoms with E-state index in [-0.39, 0.29) is 13.0 Å². The number of hydrogen-bond acceptors (Lipinski definition) is 4. The van der Waals surface area contributed by atoms with E-state index in [2.05, 4.69) is 11.2 Å². The van der Waals surface area contributed by atoms with E-state index >= 15 is 0 Å². The molecule has 78 valence electrons. The second-order valence-corrected chi connectivity index (χ2v) is 2.68. The predicted molar refractivity (Wildman–Crippen MR) is 49.6 cm³/mol. The normalized spacial score (nSPS) is 13.8. The van der Waals surface area contributed by atoms with E-state index in [0.29, 0.717) is 0 Å². The quantitative estimate of drug-likeness (QED) is 0.360. The number of primary amides is 1. The van der Waals surface area contributed by atoms with Crippen molar-refractivity contribution in [3.63, 3.8) is 0 Å². The Bertz CT molecular complexity index is 259. The monoisotopic (exact) mass is 199 g/mol. The molecule has 0 aromatic heterocycles. The third-order valence-electron chi connectivity index (χ3n) is 1.47. The molecule has 0 aromatic rings. The molecule has 0 aromatic carbocycles. The second-order valence-electron chi connectivity index (χ2n) is 2.68. The fourth-order valence-corrected chi connectivity index (χ4v) is 0.649. The lowest BCUT2D eigenvalue weighted by molar-refractivity contribution is -0.127. The Balaban J connectivity index is 3.85. The van der Waals surface area contributed by atoms with Gasteiger partial charge < -0.3 is 21.9 Å². The topological polar surface area (TPSA) is 118 Å². The van der Waals surface area contributed by atoms with Gasteiger partial charge in [0.1, 0.15) is 6.10 Å². The SMILES string of the molecule is C#CCC(N)C(=O)NCC(O)C(N)=O. The van der Waals surface area contributed by atoms with Gasteiger partial charge in [0.2, 0.25) is 11.8 Å². The van der Waals surface area contributed by atoms with Crippen LogP contribution in [-0.2, 0) is 9.59 Å².